The molecule has 2 aromatic carbocycles. The maximum Gasteiger partial charge on any atom is 0.416 e. The van der Waals surface area contributed by atoms with Gasteiger partial charge in [0.25, 0.3) is 10.0 Å². The van der Waals surface area contributed by atoms with Crippen LogP contribution in [-0.2, 0) is 25.7 Å². The fraction of sp³-hybridized carbons (Fsp3) is 0.316. The molecule has 0 saturated carbocycles. The van der Waals surface area contributed by atoms with Gasteiger partial charge in [0.05, 0.1) is 29.8 Å². The molecule has 0 fully saturated rings. The molecule has 30 heavy (non-hydrogen) atoms. The molecule has 2 aromatic rings. The molecule has 11 heteroatoms. The van der Waals surface area contributed by atoms with Gasteiger partial charge in [-0.3, -0.25) is 9.10 Å². The quantitative estimate of drug-likeness (QED) is 0.529. The summed E-state index contributed by atoms with van der Waals surface area (Å²) in [5.74, 6) is -0.296. The SMILES string of the molecule is [B]c1ccc2c(c1)N(S(=O)(=O)c1cccc(C(F)(F)F)c1)C[C@H](CCC(=O)OC)O2. The Kier molecular flexibility index (Phi) is 6.03. The average Bonchev–Trinajstić information content (AvgIpc) is 2.70. The Labute approximate surface area is 173 Å². The van der Waals surface area contributed by atoms with Gasteiger partial charge in [-0.1, -0.05) is 17.6 Å². The van der Waals surface area contributed by atoms with E-state index >= 15 is 0 Å². The van der Waals surface area contributed by atoms with Gasteiger partial charge in [-0.15, -0.1) is 0 Å². The van der Waals surface area contributed by atoms with E-state index in [1.165, 1.54) is 25.3 Å². The van der Waals surface area contributed by atoms with Crippen molar-refractivity contribution in [3.63, 3.8) is 0 Å². The van der Waals surface area contributed by atoms with Crippen molar-refractivity contribution < 1.29 is 35.9 Å². The van der Waals surface area contributed by atoms with Crippen LogP contribution in [0.15, 0.2) is 47.4 Å². The zero-order valence-electron chi connectivity index (χ0n) is 15.8. The third-order valence-corrected chi connectivity index (χ3v) is 6.34. The predicted octanol–water partition coefficient (Wildman–Crippen LogP) is 2.41. The molecule has 0 amide bonds. The van der Waals surface area contributed by atoms with Crippen molar-refractivity contribution >= 4 is 35.0 Å². The summed E-state index contributed by atoms with van der Waals surface area (Å²) in [5.41, 5.74) is -0.705. The van der Waals surface area contributed by atoms with Crippen molar-refractivity contribution in [3.8, 4) is 5.75 Å². The number of esters is 1. The summed E-state index contributed by atoms with van der Waals surface area (Å²) in [5, 5.41) is 0. The van der Waals surface area contributed by atoms with Crippen LogP contribution in [0.2, 0.25) is 0 Å². The second kappa shape index (κ2) is 8.21. The second-order valence-electron chi connectivity index (χ2n) is 6.64. The van der Waals surface area contributed by atoms with Crippen LogP contribution >= 0.6 is 0 Å². The molecule has 0 unspecified atom stereocenters. The molecule has 2 radical (unpaired) electrons. The van der Waals surface area contributed by atoms with E-state index in [0.29, 0.717) is 6.07 Å². The number of nitrogens with zero attached hydrogens (tertiary/aromatic N) is 1. The smallest absolute Gasteiger partial charge is 0.416 e. The number of ether oxygens (including phenoxy) is 2. The van der Waals surface area contributed by atoms with Crippen molar-refractivity contribution in [1.82, 2.24) is 0 Å². The first-order chi connectivity index (χ1) is 14.0. The van der Waals surface area contributed by atoms with E-state index in [1.54, 1.807) is 0 Å². The first kappa shape index (κ1) is 22.0. The fourth-order valence-electron chi connectivity index (χ4n) is 3.05. The molecule has 6 nitrogen and oxygen atoms in total. The predicted molar refractivity (Wildman–Crippen MR) is 103 cm³/mol. The standard InChI is InChI=1S/C19H17BF3NO5S/c1-28-18(25)8-6-14-11-24(16-10-13(20)5-7-17(16)29-14)30(26,27)15-4-2-3-12(9-15)19(21,22)23/h2-5,7,9-10,14H,6,8,11H2,1H3/t14-/m0/s1. The number of halogens is 3. The summed E-state index contributed by atoms with van der Waals surface area (Å²) in [6.45, 7) is -0.202. The Morgan fingerprint density at radius 2 is 2.00 bits per heavy atom. The number of hydrogen-bond donors (Lipinski definition) is 0. The minimum atomic E-state index is -4.69. The van der Waals surface area contributed by atoms with Crippen molar-refractivity contribution in [3.05, 3.63) is 48.0 Å². The highest BCUT2D eigenvalue weighted by atomic mass is 32.2. The van der Waals surface area contributed by atoms with Crippen LogP contribution < -0.4 is 14.5 Å². The number of methoxy groups -OCH3 is 1. The van der Waals surface area contributed by atoms with Gasteiger partial charge in [0.1, 0.15) is 19.7 Å². The molecule has 3 rings (SSSR count). The largest absolute Gasteiger partial charge is 0.486 e. The molecule has 1 aliphatic rings. The molecule has 0 aromatic heterocycles. The summed E-state index contributed by atoms with van der Waals surface area (Å²) in [7, 11) is 2.63. The lowest BCUT2D eigenvalue weighted by Crippen LogP contribution is -2.44. The van der Waals surface area contributed by atoms with Crippen molar-refractivity contribution in [2.45, 2.75) is 30.0 Å². The Bertz CT molecular complexity index is 1060. The van der Waals surface area contributed by atoms with E-state index in [1.807, 2.05) is 0 Å². The number of benzene rings is 2. The molecule has 1 heterocycles. The molecule has 1 atom stereocenters. The number of anilines is 1. The summed E-state index contributed by atoms with van der Waals surface area (Å²) in [6.07, 6.45) is -5.25. The first-order valence-electron chi connectivity index (χ1n) is 8.85. The van der Waals surface area contributed by atoms with Crippen LogP contribution in [0, 0.1) is 0 Å². The molecule has 0 saturated heterocycles. The lowest BCUT2D eigenvalue weighted by Gasteiger charge is -2.35. The van der Waals surface area contributed by atoms with Gasteiger partial charge in [-0.05, 0) is 36.8 Å². The average molecular weight is 439 g/mol. The topological polar surface area (TPSA) is 72.9 Å². The molecule has 0 N–H and O–H groups in total. The van der Waals surface area contributed by atoms with Crippen molar-refractivity contribution in [2.75, 3.05) is 18.0 Å². The number of fused-ring (bicyclic) bond motifs is 1. The summed E-state index contributed by atoms with van der Waals surface area (Å²) >= 11 is 0. The van der Waals surface area contributed by atoms with Crippen LogP contribution in [0.4, 0.5) is 18.9 Å². The minimum Gasteiger partial charge on any atom is -0.486 e. The van der Waals surface area contributed by atoms with Gasteiger partial charge in [-0.2, -0.15) is 13.2 Å². The Balaban J connectivity index is 2.01. The van der Waals surface area contributed by atoms with E-state index in [2.05, 4.69) is 4.74 Å². The summed E-state index contributed by atoms with van der Waals surface area (Å²) < 4.78 is 77.0. The molecule has 0 spiro atoms. The van der Waals surface area contributed by atoms with E-state index in [4.69, 9.17) is 12.6 Å². The highest BCUT2D eigenvalue weighted by molar-refractivity contribution is 7.92. The molecule has 0 aliphatic carbocycles. The molecule has 0 bridgehead atoms. The highest BCUT2D eigenvalue weighted by Crippen LogP contribution is 2.38. The van der Waals surface area contributed by atoms with E-state index < -0.39 is 38.7 Å². The van der Waals surface area contributed by atoms with E-state index in [0.717, 1.165) is 22.5 Å². The molecular weight excluding hydrogens is 422 g/mol. The van der Waals surface area contributed by atoms with Crippen LogP contribution in [-0.4, -0.2) is 42.0 Å². The minimum absolute atomic E-state index is 0.0110. The third-order valence-electron chi connectivity index (χ3n) is 4.56. The summed E-state index contributed by atoms with van der Waals surface area (Å²) in [6, 6.07) is 7.86. The number of alkyl halides is 3. The van der Waals surface area contributed by atoms with Crippen molar-refractivity contribution in [2.24, 2.45) is 0 Å². The lowest BCUT2D eigenvalue weighted by molar-refractivity contribution is -0.141. The maximum atomic E-state index is 13.3. The van der Waals surface area contributed by atoms with Crippen LogP contribution in [0.1, 0.15) is 18.4 Å². The van der Waals surface area contributed by atoms with Gasteiger partial charge in [0.15, 0.2) is 0 Å². The zero-order chi connectivity index (χ0) is 22.1. The number of carbonyl (C=O) groups is 1. The van der Waals surface area contributed by atoms with E-state index in [-0.39, 0.29) is 36.3 Å². The molecule has 158 valence electrons. The lowest BCUT2D eigenvalue weighted by atomic mass is 9.95. The number of rotatable bonds is 5. The first-order valence-corrected chi connectivity index (χ1v) is 10.3. The fourth-order valence-corrected chi connectivity index (χ4v) is 4.59. The van der Waals surface area contributed by atoms with Crippen LogP contribution in [0.3, 0.4) is 0 Å². The number of sulfonamides is 1. The zero-order valence-corrected chi connectivity index (χ0v) is 16.7. The molecule has 1 aliphatic heterocycles. The Hall–Kier alpha value is -2.69. The third kappa shape index (κ3) is 4.56. The molecular formula is C19H17BF3NO5S. The van der Waals surface area contributed by atoms with Crippen LogP contribution in [0.25, 0.3) is 0 Å². The number of carbonyl (C=O) groups excluding carboxylic acids is 1. The monoisotopic (exact) mass is 439 g/mol. The Morgan fingerprint density at radius 1 is 1.27 bits per heavy atom. The van der Waals surface area contributed by atoms with Gasteiger partial charge < -0.3 is 9.47 Å². The maximum absolute atomic E-state index is 13.3. The van der Waals surface area contributed by atoms with Gasteiger partial charge in [0, 0.05) is 6.42 Å². The van der Waals surface area contributed by atoms with E-state index in [9.17, 15) is 26.4 Å². The van der Waals surface area contributed by atoms with Gasteiger partial charge in [-0.25, -0.2) is 8.42 Å². The van der Waals surface area contributed by atoms with Crippen LogP contribution in [0.5, 0.6) is 5.75 Å². The van der Waals surface area contributed by atoms with Crippen molar-refractivity contribution in [1.29, 1.82) is 0 Å². The highest BCUT2D eigenvalue weighted by Gasteiger charge is 2.37. The number of hydrogen-bond acceptors (Lipinski definition) is 5. The second-order valence-corrected chi connectivity index (χ2v) is 8.51. The normalized spacial score (nSPS) is 16.5. The Morgan fingerprint density at radius 3 is 2.67 bits per heavy atom. The van der Waals surface area contributed by atoms with Gasteiger partial charge in [0.2, 0.25) is 0 Å². The van der Waals surface area contributed by atoms with Gasteiger partial charge >= 0.3 is 12.1 Å². The summed E-state index contributed by atoms with van der Waals surface area (Å²) in [4.78, 5) is 10.9.